The van der Waals surface area contributed by atoms with Gasteiger partial charge in [-0.05, 0) is 30.7 Å². The van der Waals surface area contributed by atoms with Crippen LogP contribution < -0.4 is 5.32 Å². The Bertz CT molecular complexity index is 1080. The van der Waals surface area contributed by atoms with Crippen LogP contribution in [0, 0.1) is 12.7 Å². The summed E-state index contributed by atoms with van der Waals surface area (Å²) in [4.78, 5) is 17.3. The largest absolute Gasteiger partial charge is 0.341 e. The van der Waals surface area contributed by atoms with E-state index in [2.05, 4.69) is 14.9 Å². The van der Waals surface area contributed by atoms with E-state index in [9.17, 15) is 9.18 Å². The van der Waals surface area contributed by atoms with E-state index >= 15 is 0 Å². The molecule has 0 unspecified atom stereocenters. The van der Waals surface area contributed by atoms with Crippen molar-refractivity contribution in [3.63, 3.8) is 0 Å². The highest BCUT2D eigenvalue weighted by atomic mass is 32.1. The first kappa shape index (κ1) is 16.5. The van der Waals surface area contributed by atoms with Crippen LogP contribution in [0.1, 0.15) is 20.9 Å². The monoisotopic (exact) mass is 365 g/mol. The van der Waals surface area contributed by atoms with Crippen molar-refractivity contribution < 1.29 is 9.18 Å². The van der Waals surface area contributed by atoms with Gasteiger partial charge in [0.15, 0.2) is 0 Å². The van der Waals surface area contributed by atoms with Gasteiger partial charge in [-0.25, -0.2) is 9.37 Å². The van der Waals surface area contributed by atoms with Crippen molar-refractivity contribution >= 4 is 33.8 Å². The summed E-state index contributed by atoms with van der Waals surface area (Å²) >= 11 is 1.33. The summed E-state index contributed by atoms with van der Waals surface area (Å²) in [7, 11) is 0. The van der Waals surface area contributed by atoms with Gasteiger partial charge in [-0.3, -0.25) is 4.79 Å². The highest BCUT2D eigenvalue weighted by Gasteiger charge is 2.15. The number of halogens is 1. The Morgan fingerprint density at radius 2 is 1.96 bits per heavy atom. The third-order valence-electron chi connectivity index (χ3n) is 4.25. The van der Waals surface area contributed by atoms with E-state index in [1.54, 1.807) is 17.6 Å². The molecule has 0 spiro atoms. The summed E-state index contributed by atoms with van der Waals surface area (Å²) in [6.07, 6.45) is 1.92. The quantitative estimate of drug-likeness (QED) is 0.562. The molecule has 4 aromatic rings. The van der Waals surface area contributed by atoms with Crippen LogP contribution in [0.15, 0.2) is 60.2 Å². The molecule has 0 bridgehead atoms. The number of aryl methyl sites for hydroxylation is 1. The molecular formula is C20H16FN3OS. The molecule has 0 saturated carbocycles. The Hall–Kier alpha value is -2.99. The first-order valence-corrected chi connectivity index (χ1v) is 9.03. The number of rotatable bonds is 4. The number of carbonyl (C=O) groups is 1. The molecule has 0 aliphatic rings. The molecule has 2 aromatic heterocycles. The normalized spacial score (nSPS) is 11.0. The van der Waals surface area contributed by atoms with E-state index in [-0.39, 0.29) is 11.7 Å². The van der Waals surface area contributed by atoms with Crippen LogP contribution in [0.2, 0.25) is 0 Å². The van der Waals surface area contributed by atoms with Crippen LogP contribution in [0.5, 0.6) is 0 Å². The number of hydrogen-bond donors (Lipinski definition) is 1. The molecule has 0 saturated heterocycles. The van der Waals surface area contributed by atoms with E-state index in [4.69, 9.17) is 0 Å². The van der Waals surface area contributed by atoms with Crippen LogP contribution in [-0.2, 0) is 6.54 Å². The summed E-state index contributed by atoms with van der Waals surface area (Å²) in [6, 6.07) is 14.3. The highest BCUT2D eigenvalue weighted by Crippen LogP contribution is 2.28. The van der Waals surface area contributed by atoms with Crippen molar-refractivity contribution in [2.45, 2.75) is 13.5 Å². The number of aromatic nitrogens is 2. The number of anilines is 1. The number of carbonyl (C=O) groups excluding carboxylic acids is 1. The van der Waals surface area contributed by atoms with Crippen LogP contribution in [0.25, 0.3) is 10.9 Å². The predicted molar refractivity (Wildman–Crippen MR) is 102 cm³/mol. The molecule has 0 aliphatic heterocycles. The van der Waals surface area contributed by atoms with E-state index < -0.39 is 0 Å². The van der Waals surface area contributed by atoms with E-state index in [1.165, 1.54) is 23.5 Å². The average molecular weight is 365 g/mol. The molecule has 1 N–H and O–H groups in total. The fourth-order valence-electron chi connectivity index (χ4n) is 2.96. The summed E-state index contributed by atoms with van der Waals surface area (Å²) < 4.78 is 15.2. The van der Waals surface area contributed by atoms with Gasteiger partial charge in [0.2, 0.25) is 0 Å². The second-order valence-corrected chi connectivity index (χ2v) is 6.89. The second kappa shape index (κ2) is 6.72. The molecular weight excluding hydrogens is 349 g/mol. The third kappa shape index (κ3) is 3.11. The Morgan fingerprint density at radius 3 is 2.69 bits per heavy atom. The number of hydrogen-bond acceptors (Lipinski definition) is 3. The maximum absolute atomic E-state index is 13.1. The minimum absolute atomic E-state index is 0.158. The predicted octanol–water partition coefficient (Wildman–Crippen LogP) is 4.85. The van der Waals surface area contributed by atoms with Gasteiger partial charge in [0.25, 0.3) is 5.91 Å². The molecule has 0 atom stereocenters. The third-order valence-corrected chi connectivity index (χ3v) is 5.18. The SMILES string of the molecule is Cc1ncsc1C(=O)Nc1cn(Cc2ccc(F)cc2)c2ccccc12. The zero-order chi connectivity index (χ0) is 18.1. The van der Waals surface area contributed by atoms with Gasteiger partial charge in [-0.2, -0.15) is 0 Å². The second-order valence-electron chi connectivity index (χ2n) is 6.04. The number of thiazole rings is 1. The number of nitrogens with zero attached hydrogens (tertiary/aromatic N) is 2. The first-order valence-electron chi connectivity index (χ1n) is 8.15. The molecule has 2 aromatic carbocycles. The first-order chi connectivity index (χ1) is 12.6. The van der Waals surface area contributed by atoms with Gasteiger partial charge in [-0.1, -0.05) is 30.3 Å². The van der Waals surface area contributed by atoms with Gasteiger partial charge in [-0.15, -0.1) is 11.3 Å². The molecule has 4 nitrogen and oxygen atoms in total. The summed E-state index contributed by atoms with van der Waals surface area (Å²) in [6.45, 7) is 2.42. The van der Waals surface area contributed by atoms with E-state index in [0.29, 0.717) is 11.4 Å². The van der Waals surface area contributed by atoms with Gasteiger partial charge in [0.1, 0.15) is 10.7 Å². The van der Waals surface area contributed by atoms with Crippen molar-refractivity contribution in [2.24, 2.45) is 0 Å². The Morgan fingerprint density at radius 1 is 1.19 bits per heavy atom. The number of benzene rings is 2. The van der Waals surface area contributed by atoms with Crippen molar-refractivity contribution in [3.8, 4) is 0 Å². The van der Waals surface area contributed by atoms with Gasteiger partial charge in [0, 0.05) is 18.1 Å². The Labute approximate surface area is 153 Å². The van der Waals surface area contributed by atoms with Crippen molar-refractivity contribution in [1.82, 2.24) is 9.55 Å². The smallest absolute Gasteiger partial charge is 0.267 e. The lowest BCUT2D eigenvalue weighted by Gasteiger charge is -2.05. The minimum atomic E-state index is -0.251. The molecule has 4 rings (SSSR count). The molecule has 6 heteroatoms. The van der Waals surface area contributed by atoms with Crippen molar-refractivity contribution in [3.05, 3.63) is 82.2 Å². The number of nitrogens with one attached hydrogen (secondary N) is 1. The fourth-order valence-corrected chi connectivity index (χ4v) is 3.66. The zero-order valence-electron chi connectivity index (χ0n) is 14.1. The lowest BCUT2D eigenvalue weighted by Crippen LogP contribution is -2.11. The van der Waals surface area contributed by atoms with Gasteiger partial charge >= 0.3 is 0 Å². The van der Waals surface area contributed by atoms with Crippen molar-refractivity contribution in [2.75, 3.05) is 5.32 Å². The van der Waals surface area contributed by atoms with Gasteiger partial charge in [0.05, 0.1) is 22.4 Å². The lowest BCUT2D eigenvalue weighted by molar-refractivity contribution is 0.103. The molecule has 0 radical (unpaired) electrons. The van der Waals surface area contributed by atoms with Gasteiger partial charge < -0.3 is 9.88 Å². The number of fused-ring (bicyclic) bond motifs is 1. The Balaban J connectivity index is 1.68. The van der Waals surface area contributed by atoms with E-state index in [0.717, 1.165) is 27.8 Å². The molecule has 2 heterocycles. The molecule has 0 fully saturated rings. The zero-order valence-corrected chi connectivity index (χ0v) is 14.9. The lowest BCUT2D eigenvalue weighted by atomic mass is 10.2. The summed E-state index contributed by atoms with van der Waals surface area (Å²) in [5.41, 5.74) is 5.14. The highest BCUT2D eigenvalue weighted by molar-refractivity contribution is 7.12. The minimum Gasteiger partial charge on any atom is -0.341 e. The number of amides is 1. The molecule has 1 amide bonds. The summed E-state index contributed by atoms with van der Waals surface area (Å²) in [5.74, 6) is -0.409. The van der Waals surface area contributed by atoms with E-state index in [1.807, 2.05) is 37.4 Å². The van der Waals surface area contributed by atoms with Crippen LogP contribution in [0.4, 0.5) is 10.1 Å². The molecule has 130 valence electrons. The topological polar surface area (TPSA) is 46.9 Å². The van der Waals surface area contributed by atoms with Crippen LogP contribution in [-0.4, -0.2) is 15.5 Å². The van der Waals surface area contributed by atoms with Crippen LogP contribution >= 0.6 is 11.3 Å². The maximum atomic E-state index is 13.1. The molecule has 0 aliphatic carbocycles. The maximum Gasteiger partial charge on any atom is 0.267 e. The average Bonchev–Trinajstić information content (AvgIpc) is 3.22. The van der Waals surface area contributed by atoms with Crippen molar-refractivity contribution in [1.29, 1.82) is 0 Å². The van der Waals surface area contributed by atoms with Crippen LogP contribution in [0.3, 0.4) is 0 Å². The molecule has 26 heavy (non-hydrogen) atoms. The summed E-state index contributed by atoms with van der Waals surface area (Å²) in [5, 5.41) is 3.96. The fraction of sp³-hybridized carbons (Fsp3) is 0.100. The number of para-hydroxylation sites is 1. The Kier molecular flexibility index (Phi) is 4.26. The standard InChI is InChI=1S/C20H16FN3OS/c1-13-19(26-12-22-13)20(25)23-17-11-24(18-5-3-2-4-16(17)18)10-14-6-8-15(21)9-7-14/h2-9,11-12H,10H2,1H3,(H,23,25).